The van der Waals surface area contributed by atoms with Crippen molar-refractivity contribution in [3.05, 3.63) is 17.7 Å². The quantitative estimate of drug-likeness (QED) is 0.674. The molecule has 76 valence electrons. The number of amides is 1. The van der Waals surface area contributed by atoms with E-state index in [1.807, 2.05) is 22.8 Å². The topological polar surface area (TPSA) is 64.2 Å². The molecule has 5 nitrogen and oxygen atoms in total. The number of aryl methyl sites for hydroxylation is 1. The van der Waals surface area contributed by atoms with Crippen molar-refractivity contribution in [3.8, 4) is 0 Å². The van der Waals surface area contributed by atoms with E-state index in [0.29, 0.717) is 6.54 Å². The molecule has 0 radical (unpaired) electrons. The van der Waals surface area contributed by atoms with Crippen molar-refractivity contribution in [2.75, 3.05) is 13.1 Å². The van der Waals surface area contributed by atoms with Gasteiger partial charge in [0.1, 0.15) is 0 Å². The first-order valence-corrected chi connectivity index (χ1v) is 4.66. The van der Waals surface area contributed by atoms with E-state index >= 15 is 0 Å². The molecule has 2 rings (SSSR count). The summed E-state index contributed by atoms with van der Waals surface area (Å²) < 4.78 is 2.00. The van der Waals surface area contributed by atoms with Crippen LogP contribution in [0.5, 0.6) is 0 Å². The first-order chi connectivity index (χ1) is 6.66. The molecule has 0 saturated carbocycles. The molecule has 14 heavy (non-hydrogen) atoms. The van der Waals surface area contributed by atoms with Gasteiger partial charge in [0.25, 0.3) is 0 Å². The molecule has 0 bridgehead atoms. The average Bonchev–Trinajstić information content (AvgIpc) is 2.47. The zero-order valence-corrected chi connectivity index (χ0v) is 8.23. The minimum Gasteiger partial charge on any atom is -0.369 e. The smallest absolute Gasteiger partial charge is 0.231 e. The van der Waals surface area contributed by atoms with Gasteiger partial charge in [-0.1, -0.05) is 0 Å². The summed E-state index contributed by atoms with van der Waals surface area (Å²) in [6, 6.07) is 0. The molecule has 0 fully saturated rings. The number of hydrogen-bond acceptors (Lipinski definition) is 3. The maximum atomic E-state index is 10.8. The molecule has 5 heteroatoms. The van der Waals surface area contributed by atoms with Gasteiger partial charge in [0.2, 0.25) is 5.91 Å². The highest BCUT2D eigenvalue weighted by molar-refractivity contribution is 5.75. The highest BCUT2D eigenvalue weighted by Crippen LogP contribution is 2.16. The molecule has 1 aliphatic rings. The largest absolute Gasteiger partial charge is 0.369 e. The van der Waals surface area contributed by atoms with Gasteiger partial charge in [0.05, 0.1) is 24.3 Å². The summed E-state index contributed by atoms with van der Waals surface area (Å²) in [7, 11) is 1.97. The number of nitrogens with zero attached hydrogens (tertiary/aromatic N) is 3. The number of fused-ring (bicyclic) bond motifs is 1. The van der Waals surface area contributed by atoms with Gasteiger partial charge in [0, 0.05) is 26.6 Å². The molecular weight excluding hydrogens is 180 g/mol. The summed E-state index contributed by atoms with van der Waals surface area (Å²) >= 11 is 0. The Bertz CT molecular complexity index is 358. The summed E-state index contributed by atoms with van der Waals surface area (Å²) in [6.07, 6.45) is 2.72. The fourth-order valence-corrected chi connectivity index (χ4v) is 1.83. The number of hydrogen-bond donors (Lipinski definition) is 1. The van der Waals surface area contributed by atoms with Crippen molar-refractivity contribution in [2.24, 2.45) is 12.8 Å². The molecule has 0 aliphatic carbocycles. The zero-order valence-electron chi connectivity index (χ0n) is 8.23. The predicted molar refractivity (Wildman–Crippen MR) is 51.4 cm³/mol. The Balaban J connectivity index is 2.12. The van der Waals surface area contributed by atoms with E-state index in [9.17, 15) is 4.79 Å². The van der Waals surface area contributed by atoms with Gasteiger partial charge in [0.15, 0.2) is 0 Å². The summed E-state index contributed by atoms with van der Waals surface area (Å²) in [4.78, 5) is 17.1. The second kappa shape index (κ2) is 3.42. The number of rotatable bonds is 2. The van der Waals surface area contributed by atoms with Crippen LogP contribution in [0.15, 0.2) is 6.33 Å². The minimum atomic E-state index is -0.268. The number of carbonyl (C=O) groups is 1. The van der Waals surface area contributed by atoms with Crippen LogP contribution in [0.4, 0.5) is 0 Å². The summed E-state index contributed by atoms with van der Waals surface area (Å²) in [5.74, 6) is -0.268. The van der Waals surface area contributed by atoms with E-state index in [1.165, 1.54) is 5.69 Å². The van der Waals surface area contributed by atoms with Crippen LogP contribution in [-0.4, -0.2) is 33.4 Å². The fraction of sp³-hybridized carbons (Fsp3) is 0.556. The van der Waals surface area contributed by atoms with Crippen LogP contribution in [0.2, 0.25) is 0 Å². The highest BCUT2D eigenvalue weighted by Gasteiger charge is 2.20. The Labute approximate surface area is 82.5 Å². The number of nitrogens with two attached hydrogens (primary N) is 1. The van der Waals surface area contributed by atoms with E-state index < -0.39 is 0 Å². The van der Waals surface area contributed by atoms with Crippen LogP contribution in [0.25, 0.3) is 0 Å². The van der Waals surface area contributed by atoms with Crippen molar-refractivity contribution in [2.45, 2.75) is 13.0 Å². The van der Waals surface area contributed by atoms with Gasteiger partial charge in [-0.25, -0.2) is 4.98 Å². The van der Waals surface area contributed by atoms with E-state index in [2.05, 4.69) is 4.98 Å². The molecule has 0 aromatic carbocycles. The third kappa shape index (κ3) is 1.63. The third-order valence-corrected chi connectivity index (χ3v) is 2.56. The molecular formula is C9H14N4O. The Morgan fingerprint density at radius 1 is 1.71 bits per heavy atom. The van der Waals surface area contributed by atoms with Crippen molar-refractivity contribution in [1.29, 1.82) is 0 Å². The number of carbonyl (C=O) groups excluding carboxylic acids is 1. The van der Waals surface area contributed by atoms with E-state index in [0.717, 1.165) is 25.2 Å². The lowest BCUT2D eigenvalue weighted by Crippen LogP contribution is -2.38. The first-order valence-electron chi connectivity index (χ1n) is 4.66. The van der Waals surface area contributed by atoms with E-state index in [4.69, 9.17) is 5.73 Å². The molecule has 2 N–H and O–H groups in total. The van der Waals surface area contributed by atoms with Crippen LogP contribution in [-0.2, 0) is 24.8 Å². The molecule has 1 amide bonds. The number of imidazole rings is 1. The van der Waals surface area contributed by atoms with Crippen LogP contribution >= 0.6 is 0 Å². The van der Waals surface area contributed by atoms with Crippen molar-refractivity contribution < 1.29 is 4.79 Å². The van der Waals surface area contributed by atoms with Crippen LogP contribution in [0.1, 0.15) is 11.4 Å². The molecule has 2 heterocycles. The van der Waals surface area contributed by atoms with E-state index in [-0.39, 0.29) is 5.91 Å². The Kier molecular flexibility index (Phi) is 2.25. The fourth-order valence-electron chi connectivity index (χ4n) is 1.83. The lowest BCUT2D eigenvalue weighted by atomic mass is 10.1. The molecule has 1 aliphatic heterocycles. The summed E-state index contributed by atoms with van der Waals surface area (Å²) in [5, 5.41) is 0. The Hall–Kier alpha value is -1.36. The van der Waals surface area contributed by atoms with Crippen molar-refractivity contribution in [3.63, 3.8) is 0 Å². The van der Waals surface area contributed by atoms with Gasteiger partial charge < -0.3 is 10.3 Å². The maximum Gasteiger partial charge on any atom is 0.231 e. The lowest BCUT2D eigenvalue weighted by molar-refractivity contribution is -0.119. The SMILES string of the molecule is Cn1cnc2c1CN(CC(N)=O)CC2. The third-order valence-electron chi connectivity index (χ3n) is 2.56. The van der Waals surface area contributed by atoms with Gasteiger partial charge in [-0.05, 0) is 0 Å². The first kappa shape index (κ1) is 9.21. The second-order valence-electron chi connectivity index (χ2n) is 3.68. The molecule has 0 unspecified atom stereocenters. The van der Waals surface area contributed by atoms with Crippen LogP contribution < -0.4 is 5.73 Å². The van der Waals surface area contributed by atoms with E-state index in [1.54, 1.807) is 0 Å². The Morgan fingerprint density at radius 3 is 3.21 bits per heavy atom. The average molecular weight is 194 g/mol. The van der Waals surface area contributed by atoms with Crippen LogP contribution in [0, 0.1) is 0 Å². The van der Waals surface area contributed by atoms with Crippen molar-refractivity contribution >= 4 is 5.91 Å². The molecule has 1 aromatic heterocycles. The minimum absolute atomic E-state index is 0.268. The standard InChI is InChI=1S/C9H14N4O/c1-12-6-11-7-2-3-13(4-8(7)12)5-9(10)14/h6H,2-5H2,1H3,(H2,10,14). The summed E-state index contributed by atoms with van der Waals surface area (Å²) in [6.45, 7) is 1.98. The molecule has 0 spiro atoms. The molecule has 0 saturated heterocycles. The normalized spacial score (nSPS) is 16.6. The monoisotopic (exact) mass is 194 g/mol. The van der Waals surface area contributed by atoms with Crippen molar-refractivity contribution in [1.82, 2.24) is 14.5 Å². The van der Waals surface area contributed by atoms with Crippen LogP contribution in [0.3, 0.4) is 0 Å². The predicted octanol–water partition coefficient (Wildman–Crippen LogP) is -0.736. The van der Waals surface area contributed by atoms with Gasteiger partial charge in [-0.3, -0.25) is 9.69 Å². The number of aromatic nitrogens is 2. The summed E-state index contributed by atoms with van der Waals surface area (Å²) in [5.41, 5.74) is 7.49. The zero-order chi connectivity index (χ0) is 10.1. The molecule has 1 aromatic rings. The number of primary amides is 1. The Morgan fingerprint density at radius 2 is 2.50 bits per heavy atom. The van der Waals surface area contributed by atoms with Gasteiger partial charge in [-0.2, -0.15) is 0 Å². The molecule has 0 atom stereocenters. The van der Waals surface area contributed by atoms with Gasteiger partial charge in [-0.15, -0.1) is 0 Å². The second-order valence-corrected chi connectivity index (χ2v) is 3.68. The lowest BCUT2D eigenvalue weighted by Gasteiger charge is -2.25. The van der Waals surface area contributed by atoms with Gasteiger partial charge >= 0.3 is 0 Å². The maximum absolute atomic E-state index is 10.8. The highest BCUT2D eigenvalue weighted by atomic mass is 16.1.